The number of carbonyl (C=O) groups is 7. The average Bonchev–Trinajstić information content (AvgIpc) is 3.46. The van der Waals surface area contributed by atoms with Gasteiger partial charge in [0.2, 0.25) is 23.6 Å². The number of nitrogens with zero attached hydrogens (tertiary/aromatic N) is 3. The molecule has 2 saturated heterocycles. The first-order valence-electron chi connectivity index (χ1n) is 18.3. The van der Waals surface area contributed by atoms with Crippen LogP contribution >= 0.6 is 34.8 Å². The van der Waals surface area contributed by atoms with Gasteiger partial charge in [-0.3, -0.25) is 43.8 Å². The molecule has 0 aliphatic carbocycles. The van der Waals surface area contributed by atoms with Gasteiger partial charge in [-0.25, -0.2) is 0 Å². The van der Waals surface area contributed by atoms with Crippen LogP contribution in [0.4, 0.5) is 5.69 Å². The largest absolute Gasteiger partial charge is 0.496 e. The number of hydrogen-bond acceptors (Lipinski definition) is 9. The van der Waals surface area contributed by atoms with Gasteiger partial charge in [0.1, 0.15) is 11.8 Å². The number of halogens is 3. The van der Waals surface area contributed by atoms with Crippen molar-refractivity contribution in [3.8, 4) is 16.9 Å². The Morgan fingerprint density at radius 3 is 2.28 bits per heavy atom. The van der Waals surface area contributed by atoms with Gasteiger partial charge in [0.05, 0.1) is 28.8 Å². The fourth-order valence-electron chi connectivity index (χ4n) is 6.94. The monoisotopic (exact) mass is 836 g/mol. The van der Waals surface area contributed by atoms with E-state index in [0.717, 1.165) is 11.3 Å². The summed E-state index contributed by atoms with van der Waals surface area (Å²) in [7, 11) is 1.45. The molecule has 7 amide bonds. The molecule has 3 heterocycles. The Morgan fingerprint density at radius 2 is 1.54 bits per heavy atom. The predicted octanol–water partition coefficient (Wildman–Crippen LogP) is 4.96. The van der Waals surface area contributed by atoms with Crippen molar-refractivity contribution in [2.24, 2.45) is 0 Å². The zero-order chi connectivity index (χ0) is 40.8. The molecule has 298 valence electrons. The number of benzene rings is 3. The van der Waals surface area contributed by atoms with Crippen LogP contribution in [-0.2, 0) is 19.2 Å². The summed E-state index contributed by atoms with van der Waals surface area (Å²) in [4.78, 5) is 93.3. The van der Waals surface area contributed by atoms with Gasteiger partial charge in [0.25, 0.3) is 17.7 Å². The number of rotatable bonds is 13. The van der Waals surface area contributed by atoms with Gasteiger partial charge in [0.15, 0.2) is 0 Å². The maximum Gasteiger partial charge on any atom is 0.264 e. The van der Waals surface area contributed by atoms with Crippen LogP contribution in [0.1, 0.15) is 63.2 Å². The highest BCUT2D eigenvalue weighted by Gasteiger charge is 2.45. The van der Waals surface area contributed by atoms with Crippen LogP contribution < -0.4 is 20.7 Å². The molecule has 0 aromatic heterocycles. The molecule has 3 aromatic carbocycles. The number of amides is 7. The minimum Gasteiger partial charge on any atom is -0.496 e. The molecular weight excluding hydrogens is 799 g/mol. The zero-order valence-electron chi connectivity index (χ0n) is 30.9. The van der Waals surface area contributed by atoms with E-state index in [2.05, 4.69) is 16.0 Å². The normalized spacial score (nSPS) is 16.8. The first-order chi connectivity index (χ1) is 27.4. The van der Waals surface area contributed by atoms with E-state index in [1.807, 2.05) is 0 Å². The Labute approximate surface area is 343 Å². The molecule has 3 aliphatic rings. The van der Waals surface area contributed by atoms with Crippen LogP contribution in [0.25, 0.3) is 11.1 Å². The third-order valence-corrected chi connectivity index (χ3v) is 10.8. The van der Waals surface area contributed by atoms with E-state index in [0.29, 0.717) is 63.6 Å². The Balaban J connectivity index is 0.912. The van der Waals surface area contributed by atoms with Crippen molar-refractivity contribution >= 4 is 81.8 Å². The summed E-state index contributed by atoms with van der Waals surface area (Å²) in [5, 5.41) is 9.37. The number of carbonyl (C=O) groups excluding carboxylic acids is 7. The fourth-order valence-corrected chi connectivity index (χ4v) is 7.58. The second-order valence-electron chi connectivity index (χ2n) is 13.6. The number of methoxy groups -OCH3 is 1. The lowest BCUT2D eigenvalue weighted by molar-refractivity contribution is -0.136. The standard InChI is InChI=1S/C40H39Cl3N6O8/c1-57-32-22-29(43)26(25-20-23(41)8-9-28(25)42)21-27(32)38(54)48-18-16-47(17-19-48)35(52)13-12-33(50)45-15-4-2-3-14-44-30-7-5-6-24-36(30)40(56)49(39(24)55)31-10-11-34(51)46-37(31)53/h5-9,12-13,20-22,31,44H,2-4,10-11,14-19H2,1H3,(H,45,50)(H,46,51,53). The summed E-state index contributed by atoms with van der Waals surface area (Å²) in [5.41, 5.74) is 2.26. The summed E-state index contributed by atoms with van der Waals surface area (Å²) in [6.45, 7) is 1.93. The van der Waals surface area contributed by atoms with Gasteiger partial charge < -0.3 is 25.2 Å². The van der Waals surface area contributed by atoms with Gasteiger partial charge in [-0.15, -0.1) is 0 Å². The maximum atomic E-state index is 13.6. The lowest BCUT2D eigenvalue weighted by Gasteiger charge is -2.34. The number of ether oxygens (including phenoxy) is 1. The summed E-state index contributed by atoms with van der Waals surface area (Å²) in [6, 6.07) is 12.0. The molecule has 3 aromatic rings. The maximum absolute atomic E-state index is 13.6. The highest BCUT2D eigenvalue weighted by molar-refractivity contribution is 6.38. The number of fused-ring (bicyclic) bond motifs is 1. The molecule has 14 nitrogen and oxygen atoms in total. The average molecular weight is 838 g/mol. The first kappa shape index (κ1) is 41.2. The van der Waals surface area contributed by atoms with Crippen molar-refractivity contribution in [2.75, 3.05) is 51.7 Å². The lowest BCUT2D eigenvalue weighted by atomic mass is 10.0. The van der Waals surface area contributed by atoms with E-state index < -0.39 is 35.6 Å². The molecule has 0 bridgehead atoms. The van der Waals surface area contributed by atoms with E-state index in [1.165, 1.54) is 25.3 Å². The molecule has 0 spiro atoms. The summed E-state index contributed by atoms with van der Waals surface area (Å²) >= 11 is 19.1. The molecule has 1 unspecified atom stereocenters. The SMILES string of the molecule is COc1cc(Cl)c(-c2cc(Cl)ccc2Cl)cc1C(=O)N1CCN(C(=O)C=CC(=O)NCCCCCNc2cccc3c2C(=O)N(C2CCC(=O)NC2=O)C3=O)CC1. The molecule has 0 saturated carbocycles. The van der Waals surface area contributed by atoms with E-state index in [9.17, 15) is 33.6 Å². The Kier molecular flexibility index (Phi) is 13.2. The van der Waals surface area contributed by atoms with Crippen LogP contribution in [0.5, 0.6) is 5.75 Å². The molecule has 6 rings (SSSR count). The molecule has 2 fully saturated rings. The Hall–Kier alpha value is -5.44. The number of piperidine rings is 1. The van der Waals surface area contributed by atoms with E-state index in [-0.39, 0.29) is 67.5 Å². The van der Waals surface area contributed by atoms with E-state index in [4.69, 9.17) is 39.5 Å². The van der Waals surface area contributed by atoms with Gasteiger partial charge in [-0.1, -0.05) is 40.9 Å². The molecule has 3 aliphatic heterocycles. The highest BCUT2D eigenvalue weighted by Crippen LogP contribution is 2.39. The Bertz CT molecular complexity index is 2170. The van der Waals surface area contributed by atoms with Crippen molar-refractivity contribution in [3.63, 3.8) is 0 Å². The van der Waals surface area contributed by atoms with Crippen LogP contribution in [0, 0.1) is 0 Å². The number of hydrogen-bond donors (Lipinski definition) is 3. The summed E-state index contributed by atoms with van der Waals surface area (Å²) in [6.07, 6.45) is 4.62. The van der Waals surface area contributed by atoms with Crippen LogP contribution in [-0.4, -0.2) is 108 Å². The second-order valence-corrected chi connectivity index (χ2v) is 14.8. The van der Waals surface area contributed by atoms with Gasteiger partial charge >= 0.3 is 0 Å². The van der Waals surface area contributed by atoms with Crippen molar-refractivity contribution in [3.05, 3.63) is 92.4 Å². The van der Waals surface area contributed by atoms with E-state index in [1.54, 1.807) is 52.3 Å². The minimum atomic E-state index is -1.04. The molecule has 0 radical (unpaired) electrons. The first-order valence-corrected chi connectivity index (χ1v) is 19.5. The molecule has 57 heavy (non-hydrogen) atoms. The predicted molar refractivity (Wildman–Crippen MR) is 214 cm³/mol. The summed E-state index contributed by atoms with van der Waals surface area (Å²) in [5.74, 6) is -3.01. The lowest BCUT2D eigenvalue weighted by Crippen LogP contribution is -2.54. The van der Waals surface area contributed by atoms with Crippen molar-refractivity contribution in [1.82, 2.24) is 25.3 Å². The van der Waals surface area contributed by atoms with Gasteiger partial charge in [-0.2, -0.15) is 0 Å². The third kappa shape index (κ3) is 9.25. The number of imide groups is 2. The van der Waals surface area contributed by atoms with E-state index >= 15 is 0 Å². The van der Waals surface area contributed by atoms with Crippen molar-refractivity contribution < 1.29 is 38.3 Å². The van der Waals surface area contributed by atoms with Crippen LogP contribution in [0.3, 0.4) is 0 Å². The summed E-state index contributed by atoms with van der Waals surface area (Å²) < 4.78 is 5.47. The molecule has 1 atom stereocenters. The van der Waals surface area contributed by atoms with Crippen molar-refractivity contribution in [1.29, 1.82) is 0 Å². The number of piperazine rings is 1. The van der Waals surface area contributed by atoms with Crippen LogP contribution in [0.15, 0.2) is 60.7 Å². The highest BCUT2D eigenvalue weighted by atomic mass is 35.5. The Morgan fingerprint density at radius 1 is 0.825 bits per heavy atom. The fraction of sp³-hybridized carbons (Fsp3) is 0.325. The molecular formula is C40H39Cl3N6O8. The molecule has 17 heteroatoms. The van der Waals surface area contributed by atoms with Crippen LogP contribution in [0.2, 0.25) is 15.1 Å². The quantitative estimate of drug-likeness (QED) is 0.122. The number of unbranched alkanes of at least 4 members (excludes halogenated alkanes) is 2. The zero-order valence-corrected chi connectivity index (χ0v) is 33.1. The number of anilines is 1. The molecule has 3 N–H and O–H groups in total. The van der Waals surface area contributed by atoms with Gasteiger partial charge in [0, 0.05) is 90.8 Å². The third-order valence-electron chi connectivity index (χ3n) is 9.93. The topological polar surface area (TPSA) is 175 Å². The van der Waals surface area contributed by atoms with Gasteiger partial charge in [-0.05, 0) is 62.1 Å². The number of nitrogens with one attached hydrogen (secondary N) is 3. The second kappa shape index (κ2) is 18.2. The minimum absolute atomic E-state index is 0.0429. The van der Waals surface area contributed by atoms with Crippen molar-refractivity contribution in [2.45, 2.75) is 38.1 Å². The smallest absolute Gasteiger partial charge is 0.264 e.